The molecule has 1 unspecified atom stereocenters. The second-order valence-electron chi connectivity index (χ2n) is 4.01. The van der Waals surface area contributed by atoms with Crippen molar-refractivity contribution >= 4 is 16.8 Å². The van der Waals surface area contributed by atoms with E-state index in [1.807, 2.05) is 13.8 Å². The normalized spacial score (nSPS) is 12.3. The molecule has 2 aromatic rings. The summed E-state index contributed by atoms with van der Waals surface area (Å²) in [5.74, 6) is 0.255. The molecule has 1 atom stereocenters. The topological polar surface area (TPSA) is 67.9 Å². The highest BCUT2D eigenvalue weighted by Gasteiger charge is 2.17. The van der Waals surface area contributed by atoms with E-state index in [4.69, 9.17) is 4.74 Å². The summed E-state index contributed by atoms with van der Waals surface area (Å²) in [4.78, 5) is 22.9. The monoisotopic (exact) mass is 245 g/mol. The molecule has 5 nitrogen and oxygen atoms in total. The first-order chi connectivity index (χ1) is 8.67. The number of ketones is 1. The molecule has 1 N–H and O–H groups in total. The van der Waals surface area contributed by atoms with Gasteiger partial charge < -0.3 is 9.72 Å². The molecule has 0 radical (unpaired) electrons. The van der Waals surface area contributed by atoms with E-state index in [1.165, 1.54) is 12.4 Å². The average Bonchev–Trinajstić information content (AvgIpc) is 2.82. The third-order valence-electron chi connectivity index (χ3n) is 2.77. The Balaban J connectivity index is 2.55. The minimum Gasteiger partial charge on any atom is -0.474 e. The molecular weight excluding hydrogens is 230 g/mol. The van der Waals surface area contributed by atoms with Crippen LogP contribution < -0.4 is 4.74 Å². The van der Waals surface area contributed by atoms with Crippen molar-refractivity contribution in [3.05, 3.63) is 30.7 Å². The van der Waals surface area contributed by atoms with Gasteiger partial charge in [0.1, 0.15) is 12.0 Å². The first-order valence-corrected chi connectivity index (χ1v) is 5.82. The van der Waals surface area contributed by atoms with Crippen LogP contribution in [0.1, 0.15) is 30.6 Å². The lowest BCUT2D eigenvalue weighted by atomic mass is 10.1. The van der Waals surface area contributed by atoms with Crippen LogP contribution in [0.4, 0.5) is 0 Å². The summed E-state index contributed by atoms with van der Waals surface area (Å²) in [5.41, 5.74) is 1.08. The summed E-state index contributed by atoms with van der Waals surface area (Å²) in [6, 6.07) is 0. The summed E-state index contributed by atoms with van der Waals surface area (Å²) in [5, 5.41) is 0.614. The average molecular weight is 245 g/mol. The van der Waals surface area contributed by atoms with Crippen LogP contribution in [0.2, 0.25) is 0 Å². The second kappa shape index (κ2) is 5.00. The lowest BCUT2D eigenvalue weighted by Gasteiger charge is -2.12. The van der Waals surface area contributed by atoms with Crippen molar-refractivity contribution < 1.29 is 9.53 Å². The predicted octanol–water partition coefficient (Wildman–Crippen LogP) is 2.50. The van der Waals surface area contributed by atoms with Gasteiger partial charge in [0, 0.05) is 6.20 Å². The maximum Gasteiger partial charge on any atom is 0.227 e. The first-order valence-electron chi connectivity index (χ1n) is 5.82. The standard InChI is InChI=1S/C13H15N3O2/c1-4-8(3)18-13-11-9(10(17)5-2)6-14-12(11)15-7-16-13/h5-8H,2,4H2,1,3H3,(H,14,15,16). The van der Waals surface area contributed by atoms with Crippen molar-refractivity contribution in [2.75, 3.05) is 0 Å². The van der Waals surface area contributed by atoms with E-state index in [0.717, 1.165) is 6.42 Å². The Labute approximate surface area is 105 Å². The van der Waals surface area contributed by atoms with Crippen molar-refractivity contribution in [1.82, 2.24) is 15.0 Å². The van der Waals surface area contributed by atoms with Crippen LogP contribution in [-0.4, -0.2) is 26.8 Å². The smallest absolute Gasteiger partial charge is 0.227 e. The highest BCUT2D eigenvalue weighted by atomic mass is 16.5. The fourth-order valence-corrected chi connectivity index (χ4v) is 1.60. The van der Waals surface area contributed by atoms with E-state index in [9.17, 15) is 4.79 Å². The van der Waals surface area contributed by atoms with Crippen LogP contribution in [0.3, 0.4) is 0 Å². The van der Waals surface area contributed by atoms with Gasteiger partial charge >= 0.3 is 0 Å². The predicted molar refractivity (Wildman–Crippen MR) is 68.8 cm³/mol. The Morgan fingerprint density at radius 1 is 1.61 bits per heavy atom. The highest BCUT2D eigenvalue weighted by molar-refractivity contribution is 6.13. The van der Waals surface area contributed by atoms with Gasteiger partial charge in [0.25, 0.3) is 0 Å². The number of rotatable bonds is 5. The molecule has 5 heteroatoms. The number of carbonyl (C=O) groups is 1. The Morgan fingerprint density at radius 3 is 3.06 bits per heavy atom. The number of hydrogen-bond donors (Lipinski definition) is 1. The van der Waals surface area contributed by atoms with Crippen LogP contribution in [-0.2, 0) is 0 Å². The number of hydrogen-bond acceptors (Lipinski definition) is 4. The zero-order valence-corrected chi connectivity index (χ0v) is 10.4. The van der Waals surface area contributed by atoms with E-state index < -0.39 is 0 Å². The molecular formula is C13H15N3O2. The van der Waals surface area contributed by atoms with Crippen LogP contribution in [0.15, 0.2) is 25.2 Å². The molecule has 0 amide bonds. The van der Waals surface area contributed by atoms with Gasteiger partial charge in [-0.2, -0.15) is 0 Å². The largest absolute Gasteiger partial charge is 0.474 e. The molecule has 0 aliphatic rings. The van der Waals surface area contributed by atoms with Crippen LogP contribution in [0, 0.1) is 0 Å². The zero-order chi connectivity index (χ0) is 13.1. The second-order valence-corrected chi connectivity index (χ2v) is 4.01. The van der Waals surface area contributed by atoms with E-state index in [2.05, 4.69) is 21.5 Å². The van der Waals surface area contributed by atoms with Gasteiger partial charge in [-0.25, -0.2) is 9.97 Å². The maximum atomic E-state index is 11.7. The Kier molecular flexibility index (Phi) is 3.41. The number of aromatic amines is 1. The van der Waals surface area contributed by atoms with Crippen LogP contribution in [0.5, 0.6) is 5.88 Å². The lowest BCUT2D eigenvalue weighted by Crippen LogP contribution is -2.11. The number of ether oxygens (including phenoxy) is 1. The van der Waals surface area contributed by atoms with Crippen LogP contribution in [0.25, 0.3) is 11.0 Å². The number of aromatic nitrogens is 3. The van der Waals surface area contributed by atoms with Crippen molar-refractivity contribution in [3.63, 3.8) is 0 Å². The molecule has 94 valence electrons. The third kappa shape index (κ3) is 2.11. The first kappa shape index (κ1) is 12.3. The van der Waals surface area contributed by atoms with Gasteiger partial charge in [-0.05, 0) is 19.4 Å². The summed E-state index contributed by atoms with van der Waals surface area (Å²) < 4.78 is 5.71. The Hall–Kier alpha value is -2.17. The van der Waals surface area contributed by atoms with E-state index in [1.54, 1.807) is 6.20 Å². The van der Waals surface area contributed by atoms with Gasteiger partial charge in [0.2, 0.25) is 5.88 Å². The lowest BCUT2D eigenvalue weighted by molar-refractivity contribution is 0.104. The molecule has 18 heavy (non-hydrogen) atoms. The molecule has 0 fully saturated rings. The molecule has 2 rings (SSSR count). The fraction of sp³-hybridized carbons (Fsp3) is 0.308. The van der Waals surface area contributed by atoms with Gasteiger partial charge in [-0.1, -0.05) is 13.5 Å². The molecule has 0 aliphatic heterocycles. The quantitative estimate of drug-likeness (QED) is 0.649. The van der Waals surface area contributed by atoms with E-state index in [-0.39, 0.29) is 11.9 Å². The van der Waals surface area contributed by atoms with E-state index in [0.29, 0.717) is 22.5 Å². The molecule has 0 saturated carbocycles. The molecule has 0 spiro atoms. The molecule has 2 aromatic heterocycles. The number of fused-ring (bicyclic) bond motifs is 1. The minimum atomic E-state index is -0.176. The third-order valence-corrected chi connectivity index (χ3v) is 2.77. The summed E-state index contributed by atoms with van der Waals surface area (Å²) in [7, 11) is 0. The van der Waals surface area contributed by atoms with Gasteiger partial charge in [-0.3, -0.25) is 4.79 Å². The molecule has 0 aromatic carbocycles. The highest BCUT2D eigenvalue weighted by Crippen LogP contribution is 2.26. The number of H-pyrrole nitrogens is 1. The SMILES string of the molecule is C=CC(=O)c1c[nH]c2ncnc(OC(C)CC)c12. The van der Waals surface area contributed by atoms with Crippen molar-refractivity contribution in [2.45, 2.75) is 26.4 Å². The van der Waals surface area contributed by atoms with Gasteiger partial charge in [0.15, 0.2) is 5.78 Å². The molecule has 0 saturated heterocycles. The fourth-order valence-electron chi connectivity index (χ4n) is 1.60. The van der Waals surface area contributed by atoms with E-state index >= 15 is 0 Å². The number of allylic oxidation sites excluding steroid dienone is 1. The van der Waals surface area contributed by atoms with Gasteiger partial charge in [-0.15, -0.1) is 0 Å². The Morgan fingerprint density at radius 2 is 2.39 bits per heavy atom. The maximum absolute atomic E-state index is 11.7. The summed E-state index contributed by atoms with van der Waals surface area (Å²) >= 11 is 0. The summed E-state index contributed by atoms with van der Waals surface area (Å²) in [6.07, 6.45) is 5.18. The number of carbonyl (C=O) groups excluding carboxylic acids is 1. The minimum absolute atomic E-state index is 0.0321. The summed E-state index contributed by atoms with van der Waals surface area (Å²) in [6.45, 7) is 7.46. The number of nitrogens with one attached hydrogen (secondary N) is 1. The van der Waals surface area contributed by atoms with Crippen molar-refractivity contribution in [1.29, 1.82) is 0 Å². The number of nitrogens with zero attached hydrogens (tertiary/aromatic N) is 2. The van der Waals surface area contributed by atoms with Crippen molar-refractivity contribution in [3.8, 4) is 5.88 Å². The molecule has 0 bridgehead atoms. The zero-order valence-electron chi connectivity index (χ0n) is 10.4. The van der Waals surface area contributed by atoms with Crippen LogP contribution >= 0.6 is 0 Å². The van der Waals surface area contributed by atoms with Crippen molar-refractivity contribution in [2.24, 2.45) is 0 Å². The van der Waals surface area contributed by atoms with Gasteiger partial charge in [0.05, 0.1) is 17.1 Å². The Bertz CT molecular complexity index is 589. The molecule has 2 heterocycles. The molecule has 0 aliphatic carbocycles.